The normalized spacial score (nSPS) is 11.1. The summed E-state index contributed by atoms with van der Waals surface area (Å²) >= 11 is 0. The van der Waals surface area contributed by atoms with Gasteiger partial charge in [-0.15, -0.1) is 0 Å². The van der Waals surface area contributed by atoms with Gasteiger partial charge in [0.05, 0.1) is 11.9 Å². The first-order valence-corrected chi connectivity index (χ1v) is 5.90. The molecule has 0 radical (unpaired) electrons. The summed E-state index contributed by atoms with van der Waals surface area (Å²) in [5.74, 6) is -0.184. The molecule has 5 heteroatoms. The third kappa shape index (κ3) is 6.00. The van der Waals surface area contributed by atoms with E-state index in [1.165, 1.54) is 6.21 Å². The highest BCUT2D eigenvalue weighted by Crippen LogP contribution is 2.14. The van der Waals surface area contributed by atoms with Crippen molar-refractivity contribution in [2.24, 2.45) is 4.99 Å². The third-order valence-electron chi connectivity index (χ3n) is 2.28. The van der Waals surface area contributed by atoms with Gasteiger partial charge in [0.2, 0.25) is 0 Å². The third-order valence-corrected chi connectivity index (χ3v) is 2.28. The summed E-state index contributed by atoms with van der Waals surface area (Å²) in [4.78, 5) is 17.6. The highest BCUT2D eigenvalue weighted by molar-refractivity contribution is 6.26. The summed E-state index contributed by atoms with van der Waals surface area (Å²) in [5.41, 5.74) is 6.93. The maximum absolute atomic E-state index is 11.4. The van der Waals surface area contributed by atoms with Gasteiger partial charge in [-0.2, -0.15) is 0 Å². The van der Waals surface area contributed by atoms with E-state index in [9.17, 15) is 4.79 Å². The lowest BCUT2D eigenvalue weighted by molar-refractivity contribution is -0.114. The number of aliphatic imine (C=N–C) groups is 1. The lowest BCUT2D eigenvalue weighted by atomic mass is 10.3. The van der Waals surface area contributed by atoms with Crippen LogP contribution in [0.2, 0.25) is 0 Å². The summed E-state index contributed by atoms with van der Waals surface area (Å²) in [5, 5.41) is 2.78. The van der Waals surface area contributed by atoms with Crippen LogP contribution >= 0.6 is 0 Å². The van der Waals surface area contributed by atoms with Gasteiger partial charge in [-0.1, -0.05) is 6.07 Å². The van der Waals surface area contributed by atoms with Gasteiger partial charge in [0.25, 0.3) is 5.91 Å². The van der Waals surface area contributed by atoms with E-state index < -0.39 is 0 Å². The molecule has 3 N–H and O–H groups in total. The predicted molar refractivity (Wildman–Crippen MR) is 75.2 cm³/mol. The van der Waals surface area contributed by atoms with Crippen LogP contribution in [0.15, 0.2) is 29.3 Å². The van der Waals surface area contributed by atoms with Crippen LogP contribution in [-0.4, -0.2) is 44.2 Å². The van der Waals surface area contributed by atoms with E-state index in [4.69, 9.17) is 5.73 Å². The number of carbonyl (C=O) groups is 1. The SMILES string of the molecule is CN(C)CCCNC(=O)C=Nc1cccc(N)c1. The molecule has 0 aliphatic heterocycles. The van der Waals surface area contributed by atoms with E-state index in [0.29, 0.717) is 17.9 Å². The molecule has 0 aliphatic rings. The van der Waals surface area contributed by atoms with Gasteiger partial charge >= 0.3 is 0 Å². The van der Waals surface area contributed by atoms with Crippen molar-refractivity contribution in [2.45, 2.75) is 6.42 Å². The number of benzene rings is 1. The number of hydrogen-bond donors (Lipinski definition) is 2. The molecule has 0 aromatic heterocycles. The van der Waals surface area contributed by atoms with Crippen molar-refractivity contribution >= 4 is 23.5 Å². The van der Waals surface area contributed by atoms with Gasteiger partial charge in [0.1, 0.15) is 0 Å². The Balaban J connectivity index is 2.31. The second-order valence-corrected chi connectivity index (χ2v) is 4.30. The molecule has 0 atom stereocenters. The zero-order chi connectivity index (χ0) is 13.4. The maximum Gasteiger partial charge on any atom is 0.262 e. The Morgan fingerprint density at radius 1 is 1.50 bits per heavy atom. The van der Waals surface area contributed by atoms with Crippen LogP contribution in [0, 0.1) is 0 Å². The molecule has 1 aromatic rings. The Bertz CT molecular complexity index is 415. The molecule has 0 aliphatic carbocycles. The monoisotopic (exact) mass is 248 g/mol. The fraction of sp³-hybridized carbons (Fsp3) is 0.385. The van der Waals surface area contributed by atoms with Crippen molar-refractivity contribution in [3.63, 3.8) is 0 Å². The van der Waals surface area contributed by atoms with Crippen molar-refractivity contribution in [3.05, 3.63) is 24.3 Å². The van der Waals surface area contributed by atoms with Crippen LogP contribution in [0.4, 0.5) is 11.4 Å². The molecule has 1 aromatic carbocycles. The van der Waals surface area contributed by atoms with Gasteiger partial charge in [-0.05, 0) is 45.3 Å². The molecule has 0 unspecified atom stereocenters. The fourth-order valence-corrected chi connectivity index (χ4v) is 1.39. The second-order valence-electron chi connectivity index (χ2n) is 4.30. The minimum absolute atomic E-state index is 0.184. The number of nitrogens with two attached hydrogens (primary N) is 1. The van der Waals surface area contributed by atoms with Crippen molar-refractivity contribution in [1.29, 1.82) is 0 Å². The molecule has 0 spiro atoms. The highest BCUT2D eigenvalue weighted by atomic mass is 16.1. The zero-order valence-corrected chi connectivity index (χ0v) is 10.9. The predicted octanol–water partition coefficient (Wildman–Crippen LogP) is 1.04. The Hall–Kier alpha value is -1.88. The molecule has 0 fully saturated rings. The lowest BCUT2D eigenvalue weighted by Crippen LogP contribution is -2.27. The Kier molecular flexibility index (Phi) is 5.87. The van der Waals surface area contributed by atoms with Crippen LogP contribution in [0.1, 0.15) is 6.42 Å². The molecule has 0 saturated carbocycles. The second kappa shape index (κ2) is 7.45. The topological polar surface area (TPSA) is 70.7 Å². The van der Waals surface area contributed by atoms with Crippen molar-refractivity contribution in [2.75, 3.05) is 32.9 Å². The molecule has 0 bridgehead atoms. The van der Waals surface area contributed by atoms with Crippen LogP contribution < -0.4 is 11.1 Å². The number of amides is 1. The summed E-state index contributed by atoms with van der Waals surface area (Å²) < 4.78 is 0. The van der Waals surface area contributed by atoms with Crippen LogP contribution in [-0.2, 0) is 4.79 Å². The molecular weight excluding hydrogens is 228 g/mol. The largest absolute Gasteiger partial charge is 0.399 e. The average Bonchev–Trinajstić information content (AvgIpc) is 2.32. The molecule has 0 heterocycles. The van der Waals surface area contributed by atoms with Crippen molar-refractivity contribution in [3.8, 4) is 0 Å². The average molecular weight is 248 g/mol. The minimum atomic E-state index is -0.184. The number of hydrogen-bond acceptors (Lipinski definition) is 4. The van der Waals surface area contributed by atoms with Gasteiger partial charge in [-0.25, -0.2) is 0 Å². The summed E-state index contributed by atoms with van der Waals surface area (Å²) in [6.45, 7) is 1.60. The van der Waals surface area contributed by atoms with Gasteiger partial charge in [0, 0.05) is 12.2 Å². The molecule has 0 saturated heterocycles. The fourth-order valence-electron chi connectivity index (χ4n) is 1.39. The number of nitrogens with one attached hydrogen (secondary N) is 1. The van der Waals surface area contributed by atoms with E-state index in [0.717, 1.165) is 13.0 Å². The number of rotatable bonds is 6. The van der Waals surface area contributed by atoms with E-state index in [-0.39, 0.29) is 5.91 Å². The molecule has 18 heavy (non-hydrogen) atoms. The van der Waals surface area contributed by atoms with E-state index in [1.54, 1.807) is 24.3 Å². The van der Waals surface area contributed by atoms with E-state index >= 15 is 0 Å². The number of nitrogens with zero attached hydrogens (tertiary/aromatic N) is 2. The van der Waals surface area contributed by atoms with Gasteiger partial charge < -0.3 is 16.0 Å². The van der Waals surface area contributed by atoms with E-state index in [2.05, 4.69) is 15.2 Å². The summed E-state index contributed by atoms with van der Waals surface area (Å²) in [6.07, 6.45) is 2.20. The van der Waals surface area contributed by atoms with Crippen LogP contribution in [0.3, 0.4) is 0 Å². The first-order valence-electron chi connectivity index (χ1n) is 5.90. The smallest absolute Gasteiger partial charge is 0.262 e. The Labute approximate surface area is 108 Å². The lowest BCUT2D eigenvalue weighted by Gasteiger charge is -2.08. The maximum atomic E-state index is 11.4. The molecule has 1 amide bonds. The Morgan fingerprint density at radius 3 is 2.94 bits per heavy atom. The van der Waals surface area contributed by atoms with E-state index in [1.807, 2.05) is 14.1 Å². The van der Waals surface area contributed by atoms with Crippen LogP contribution in [0.5, 0.6) is 0 Å². The first kappa shape index (κ1) is 14.2. The molecule has 98 valence electrons. The standard InChI is InChI=1S/C13H20N4O/c1-17(2)8-4-7-15-13(18)10-16-12-6-3-5-11(14)9-12/h3,5-6,9-10H,4,7-8,14H2,1-2H3,(H,15,18). The van der Waals surface area contributed by atoms with Gasteiger partial charge in [-0.3, -0.25) is 9.79 Å². The highest BCUT2D eigenvalue weighted by Gasteiger charge is 1.96. The first-order chi connectivity index (χ1) is 8.58. The van der Waals surface area contributed by atoms with Gasteiger partial charge in [0.15, 0.2) is 0 Å². The number of anilines is 1. The molecule has 5 nitrogen and oxygen atoms in total. The zero-order valence-electron chi connectivity index (χ0n) is 10.9. The number of nitrogen functional groups attached to an aromatic ring is 1. The molecule has 1 rings (SSSR count). The minimum Gasteiger partial charge on any atom is -0.399 e. The number of carbonyl (C=O) groups excluding carboxylic acids is 1. The van der Waals surface area contributed by atoms with Crippen LogP contribution in [0.25, 0.3) is 0 Å². The van der Waals surface area contributed by atoms with Crippen molar-refractivity contribution < 1.29 is 4.79 Å². The quantitative estimate of drug-likeness (QED) is 0.449. The summed E-state index contributed by atoms with van der Waals surface area (Å²) in [6, 6.07) is 7.10. The molecular formula is C13H20N4O. The summed E-state index contributed by atoms with van der Waals surface area (Å²) in [7, 11) is 4.01. The Morgan fingerprint density at radius 2 is 2.28 bits per heavy atom. The van der Waals surface area contributed by atoms with Crippen molar-refractivity contribution in [1.82, 2.24) is 10.2 Å².